The maximum Gasteiger partial charge on any atom is 0.435 e. The molecule has 11 heteroatoms. The summed E-state index contributed by atoms with van der Waals surface area (Å²) >= 11 is 0. The molecule has 0 N–H and O–H groups in total. The van der Waals surface area contributed by atoms with Gasteiger partial charge in [0.2, 0.25) is 0 Å². The fourth-order valence-corrected chi connectivity index (χ4v) is 2.95. The molecule has 144 valence electrons. The Kier molecular flexibility index (Phi) is 4.77. The summed E-state index contributed by atoms with van der Waals surface area (Å²) in [5, 5.41) is 14.4. The van der Waals surface area contributed by atoms with Gasteiger partial charge in [-0.2, -0.15) is 18.3 Å². The number of ether oxygens (including phenoxy) is 1. The van der Waals surface area contributed by atoms with E-state index in [1.54, 1.807) is 6.92 Å². The minimum atomic E-state index is -4.70. The monoisotopic (exact) mass is 384 g/mol. The second kappa shape index (κ2) is 6.89. The van der Waals surface area contributed by atoms with Gasteiger partial charge < -0.3 is 9.64 Å². The number of carbonyl (C=O) groups is 1. The van der Waals surface area contributed by atoms with Gasteiger partial charge in [0.05, 0.1) is 29.5 Å². The summed E-state index contributed by atoms with van der Waals surface area (Å²) in [6.45, 7) is 1.65. The van der Waals surface area contributed by atoms with Crippen LogP contribution in [0.15, 0.2) is 24.3 Å². The molecule has 8 nitrogen and oxygen atoms in total. The van der Waals surface area contributed by atoms with Crippen LogP contribution in [0.4, 0.5) is 23.7 Å². The van der Waals surface area contributed by atoms with E-state index >= 15 is 0 Å². The number of amides is 1. The number of nitro benzene ring substituents is 1. The van der Waals surface area contributed by atoms with Crippen LogP contribution in [0.3, 0.4) is 0 Å². The third-order valence-corrected chi connectivity index (χ3v) is 4.16. The first-order valence-electron chi connectivity index (χ1n) is 8.07. The first-order valence-corrected chi connectivity index (χ1v) is 8.07. The average molecular weight is 384 g/mol. The second-order valence-corrected chi connectivity index (χ2v) is 5.83. The van der Waals surface area contributed by atoms with E-state index in [0.29, 0.717) is 5.69 Å². The van der Waals surface area contributed by atoms with Crippen LogP contribution < -0.4 is 0 Å². The van der Waals surface area contributed by atoms with Crippen LogP contribution in [0, 0.1) is 10.1 Å². The number of non-ortho nitro benzene ring substituents is 1. The highest BCUT2D eigenvalue weighted by Crippen LogP contribution is 2.36. The Bertz CT molecular complexity index is 877. The number of halogens is 3. The SMILES string of the molecule is CCOC(=O)N1CCc2c(c(C(F)(F)F)nn2-c2ccc([N+](=O)[O-])cc2)C1. The highest BCUT2D eigenvalue weighted by molar-refractivity contribution is 5.68. The Balaban J connectivity index is 2.03. The molecule has 2 heterocycles. The molecule has 1 aromatic carbocycles. The molecule has 1 aliphatic rings. The van der Waals surface area contributed by atoms with Crippen molar-refractivity contribution in [2.75, 3.05) is 13.2 Å². The molecule has 0 spiro atoms. The fraction of sp³-hybridized carbons (Fsp3) is 0.375. The van der Waals surface area contributed by atoms with E-state index in [-0.39, 0.29) is 43.1 Å². The summed E-state index contributed by atoms with van der Waals surface area (Å²) in [5.74, 6) is 0. The normalized spacial score (nSPS) is 14.0. The maximum atomic E-state index is 13.5. The van der Waals surface area contributed by atoms with Gasteiger partial charge in [-0.1, -0.05) is 0 Å². The zero-order chi connectivity index (χ0) is 19.8. The van der Waals surface area contributed by atoms with Gasteiger partial charge in [0.15, 0.2) is 5.69 Å². The van der Waals surface area contributed by atoms with Gasteiger partial charge >= 0.3 is 12.3 Å². The van der Waals surface area contributed by atoms with Gasteiger partial charge in [0, 0.05) is 30.7 Å². The molecule has 0 fully saturated rings. The van der Waals surface area contributed by atoms with Gasteiger partial charge in [-0.25, -0.2) is 9.48 Å². The molecule has 0 saturated carbocycles. The third-order valence-electron chi connectivity index (χ3n) is 4.16. The van der Waals surface area contributed by atoms with Crippen LogP contribution in [0.5, 0.6) is 0 Å². The van der Waals surface area contributed by atoms with Crippen molar-refractivity contribution in [3.05, 3.63) is 51.3 Å². The maximum absolute atomic E-state index is 13.5. The molecule has 0 unspecified atom stereocenters. The predicted octanol–water partition coefficient (Wildman–Crippen LogP) is 3.31. The zero-order valence-corrected chi connectivity index (χ0v) is 14.2. The van der Waals surface area contributed by atoms with Crippen LogP contribution in [0.2, 0.25) is 0 Å². The first kappa shape index (κ1) is 18.7. The molecule has 1 aromatic heterocycles. The molecule has 0 saturated heterocycles. The lowest BCUT2D eigenvalue weighted by Gasteiger charge is -2.27. The van der Waals surface area contributed by atoms with Crippen LogP contribution in [-0.4, -0.2) is 38.8 Å². The van der Waals surface area contributed by atoms with E-state index in [1.165, 1.54) is 29.2 Å². The summed E-state index contributed by atoms with van der Waals surface area (Å²) in [5.41, 5.74) is -0.761. The van der Waals surface area contributed by atoms with E-state index in [2.05, 4.69) is 5.10 Å². The standard InChI is InChI=1S/C16H15F3N4O4/c1-2-27-15(24)21-8-7-13-12(9-21)14(16(17,18)19)20-22(13)10-3-5-11(6-4-10)23(25)26/h3-6H,2,7-9H2,1H3. The van der Waals surface area contributed by atoms with Crippen LogP contribution >= 0.6 is 0 Å². The Labute approximate surface area is 151 Å². The molecule has 0 radical (unpaired) electrons. The highest BCUT2D eigenvalue weighted by Gasteiger charge is 2.41. The molecular formula is C16H15F3N4O4. The van der Waals surface area contributed by atoms with Gasteiger partial charge in [-0.3, -0.25) is 10.1 Å². The Morgan fingerprint density at radius 3 is 2.56 bits per heavy atom. The lowest BCUT2D eigenvalue weighted by molar-refractivity contribution is -0.384. The van der Waals surface area contributed by atoms with Crippen LogP contribution in [0.25, 0.3) is 5.69 Å². The van der Waals surface area contributed by atoms with Crippen molar-refractivity contribution in [3.63, 3.8) is 0 Å². The van der Waals surface area contributed by atoms with E-state index < -0.39 is 22.9 Å². The topological polar surface area (TPSA) is 90.5 Å². The number of carbonyl (C=O) groups excluding carboxylic acids is 1. The smallest absolute Gasteiger partial charge is 0.435 e. The van der Waals surface area contributed by atoms with Gasteiger partial charge in [-0.05, 0) is 19.1 Å². The minimum Gasteiger partial charge on any atom is -0.450 e. The Morgan fingerprint density at radius 2 is 2.00 bits per heavy atom. The van der Waals surface area contributed by atoms with Gasteiger partial charge in [-0.15, -0.1) is 0 Å². The fourth-order valence-electron chi connectivity index (χ4n) is 2.95. The molecule has 27 heavy (non-hydrogen) atoms. The number of fused-ring (bicyclic) bond motifs is 1. The van der Waals surface area contributed by atoms with Gasteiger partial charge in [0.1, 0.15) is 0 Å². The molecule has 3 rings (SSSR count). The number of rotatable bonds is 3. The van der Waals surface area contributed by atoms with Crippen molar-refractivity contribution in [1.29, 1.82) is 0 Å². The van der Waals surface area contributed by atoms with E-state index in [4.69, 9.17) is 4.74 Å². The highest BCUT2D eigenvalue weighted by atomic mass is 19.4. The number of aromatic nitrogens is 2. The number of nitro groups is 1. The lowest BCUT2D eigenvalue weighted by Crippen LogP contribution is -2.37. The second-order valence-electron chi connectivity index (χ2n) is 5.83. The number of hydrogen-bond acceptors (Lipinski definition) is 5. The van der Waals surface area contributed by atoms with Crippen molar-refractivity contribution in [2.45, 2.75) is 26.1 Å². The molecular weight excluding hydrogens is 369 g/mol. The Morgan fingerprint density at radius 1 is 1.33 bits per heavy atom. The molecule has 0 bridgehead atoms. The minimum absolute atomic E-state index is 0.0971. The zero-order valence-electron chi connectivity index (χ0n) is 14.2. The van der Waals surface area contributed by atoms with Crippen molar-refractivity contribution in [2.24, 2.45) is 0 Å². The first-order chi connectivity index (χ1) is 12.7. The van der Waals surface area contributed by atoms with E-state index in [9.17, 15) is 28.1 Å². The molecule has 2 aromatic rings. The molecule has 1 amide bonds. The van der Waals surface area contributed by atoms with Crippen molar-refractivity contribution in [3.8, 4) is 5.69 Å². The van der Waals surface area contributed by atoms with E-state index in [0.717, 1.165) is 4.68 Å². The van der Waals surface area contributed by atoms with Crippen LogP contribution in [0.1, 0.15) is 23.9 Å². The number of alkyl halides is 3. The summed E-state index contributed by atoms with van der Waals surface area (Å²) < 4.78 is 46.3. The number of hydrogen-bond donors (Lipinski definition) is 0. The third kappa shape index (κ3) is 3.57. The number of benzene rings is 1. The van der Waals surface area contributed by atoms with Crippen LogP contribution in [-0.2, 0) is 23.9 Å². The Hall–Kier alpha value is -3.11. The summed E-state index contributed by atoms with van der Waals surface area (Å²) in [4.78, 5) is 23.2. The largest absolute Gasteiger partial charge is 0.450 e. The van der Waals surface area contributed by atoms with Crippen molar-refractivity contribution < 1.29 is 27.6 Å². The summed E-state index contributed by atoms with van der Waals surface area (Å²) in [6.07, 6.45) is -5.23. The summed E-state index contributed by atoms with van der Waals surface area (Å²) in [7, 11) is 0. The molecule has 0 atom stereocenters. The van der Waals surface area contributed by atoms with Gasteiger partial charge in [0.25, 0.3) is 5.69 Å². The van der Waals surface area contributed by atoms with Crippen molar-refractivity contribution in [1.82, 2.24) is 14.7 Å². The lowest BCUT2D eigenvalue weighted by atomic mass is 10.0. The molecule has 1 aliphatic heterocycles. The quantitative estimate of drug-likeness (QED) is 0.598. The van der Waals surface area contributed by atoms with Crippen molar-refractivity contribution >= 4 is 11.8 Å². The molecule has 0 aliphatic carbocycles. The number of nitrogens with zero attached hydrogens (tertiary/aromatic N) is 4. The van der Waals surface area contributed by atoms with E-state index in [1.807, 2.05) is 0 Å². The predicted molar refractivity (Wildman–Crippen MR) is 86.4 cm³/mol. The summed E-state index contributed by atoms with van der Waals surface area (Å²) in [6, 6.07) is 5.07. The average Bonchev–Trinajstić information content (AvgIpc) is 3.01.